The Bertz CT molecular complexity index is 513. The Balaban J connectivity index is 2.63. The van der Waals surface area contributed by atoms with Crippen molar-refractivity contribution < 1.29 is 0 Å². The van der Waals surface area contributed by atoms with E-state index in [1.165, 1.54) is 6.07 Å². The van der Waals surface area contributed by atoms with Gasteiger partial charge in [-0.15, -0.1) is 0 Å². The average molecular weight is 286 g/mol. The predicted octanol–water partition coefficient (Wildman–Crippen LogP) is 2.85. The molecule has 5 heteroatoms. The molecular formula is C10H6BrClN2O. The molecule has 0 unspecified atom stereocenters. The molecular weight excluding hydrogens is 279 g/mol. The predicted molar refractivity (Wildman–Crippen MR) is 63.0 cm³/mol. The van der Waals surface area contributed by atoms with Gasteiger partial charge in [-0.05, 0) is 18.2 Å². The standard InChI is InChI=1S/C10H6BrClN2O/c11-6-2-1-3-7(12)10(6)8-4-5-9(15)14-13-8/h1-5H,(H,14,15). The van der Waals surface area contributed by atoms with Crippen molar-refractivity contribution in [2.24, 2.45) is 0 Å². The highest BCUT2D eigenvalue weighted by atomic mass is 79.9. The van der Waals surface area contributed by atoms with Gasteiger partial charge in [0.2, 0.25) is 0 Å². The van der Waals surface area contributed by atoms with Crippen LogP contribution in [0.5, 0.6) is 0 Å². The molecule has 0 aliphatic rings. The molecule has 0 atom stereocenters. The van der Waals surface area contributed by atoms with Crippen molar-refractivity contribution in [1.29, 1.82) is 0 Å². The Kier molecular flexibility index (Phi) is 2.88. The minimum absolute atomic E-state index is 0.234. The smallest absolute Gasteiger partial charge is 0.264 e. The van der Waals surface area contributed by atoms with E-state index in [9.17, 15) is 4.79 Å². The quantitative estimate of drug-likeness (QED) is 0.876. The van der Waals surface area contributed by atoms with E-state index in [0.717, 1.165) is 10.0 Å². The van der Waals surface area contributed by atoms with Crippen LogP contribution in [0, 0.1) is 0 Å². The molecule has 1 N–H and O–H groups in total. The summed E-state index contributed by atoms with van der Waals surface area (Å²) in [6.45, 7) is 0. The Labute approximate surface area is 99.2 Å². The summed E-state index contributed by atoms with van der Waals surface area (Å²) in [5.41, 5.74) is 1.17. The number of nitrogens with one attached hydrogen (secondary N) is 1. The number of H-pyrrole nitrogens is 1. The number of hydrogen-bond acceptors (Lipinski definition) is 2. The van der Waals surface area contributed by atoms with Gasteiger partial charge in [0.05, 0.1) is 10.7 Å². The lowest BCUT2D eigenvalue weighted by Gasteiger charge is -2.04. The van der Waals surface area contributed by atoms with E-state index < -0.39 is 0 Å². The molecule has 1 heterocycles. The zero-order valence-electron chi connectivity index (χ0n) is 7.50. The maximum absolute atomic E-state index is 10.9. The first-order valence-corrected chi connectivity index (χ1v) is 5.35. The van der Waals surface area contributed by atoms with Crippen LogP contribution in [0.3, 0.4) is 0 Å². The van der Waals surface area contributed by atoms with Gasteiger partial charge in [-0.1, -0.05) is 33.6 Å². The summed E-state index contributed by atoms with van der Waals surface area (Å²) in [6.07, 6.45) is 0. The monoisotopic (exact) mass is 284 g/mol. The average Bonchev–Trinajstić information content (AvgIpc) is 2.20. The second-order valence-electron chi connectivity index (χ2n) is 2.90. The van der Waals surface area contributed by atoms with Gasteiger partial charge in [0.15, 0.2) is 0 Å². The van der Waals surface area contributed by atoms with Gasteiger partial charge in [0.25, 0.3) is 5.56 Å². The molecule has 0 radical (unpaired) electrons. The molecule has 0 saturated heterocycles. The van der Waals surface area contributed by atoms with E-state index in [1.54, 1.807) is 12.1 Å². The van der Waals surface area contributed by atoms with Crippen molar-refractivity contribution in [3.05, 3.63) is 50.2 Å². The van der Waals surface area contributed by atoms with Gasteiger partial charge >= 0.3 is 0 Å². The number of benzene rings is 1. The van der Waals surface area contributed by atoms with Crippen LogP contribution in [0.25, 0.3) is 11.3 Å². The lowest BCUT2D eigenvalue weighted by molar-refractivity contribution is 0.995. The van der Waals surface area contributed by atoms with Crippen molar-refractivity contribution in [3.63, 3.8) is 0 Å². The van der Waals surface area contributed by atoms with E-state index >= 15 is 0 Å². The Hall–Kier alpha value is -1.13. The van der Waals surface area contributed by atoms with Gasteiger partial charge in [-0.25, -0.2) is 5.10 Å². The summed E-state index contributed by atoms with van der Waals surface area (Å²) < 4.78 is 0.842. The fourth-order valence-electron chi connectivity index (χ4n) is 1.23. The fraction of sp³-hybridized carbons (Fsp3) is 0. The topological polar surface area (TPSA) is 45.8 Å². The third-order valence-electron chi connectivity index (χ3n) is 1.90. The minimum Gasteiger partial charge on any atom is -0.268 e. The van der Waals surface area contributed by atoms with E-state index in [1.807, 2.05) is 12.1 Å². The molecule has 1 aromatic heterocycles. The zero-order chi connectivity index (χ0) is 10.8. The highest BCUT2D eigenvalue weighted by Gasteiger charge is 2.08. The second kappa shape index (κ2) is 4.16. The van der Waals surface area contributed by atoms with E-state index in [0.29, 0.717) is 10.7 Å². The summed E-state index contributed by atoms with van der Waals surface area (Å²) >= 11 is 9.43. The van der Waals surface area contributed by atoms with Gasteiger partial charge in [-0.3, -0.25) is 4.79 Å². The van der Waals surface area contributed by atoms with Gasteiger partial charge in [0.1, 0.15) is 0 Å². The molecule has 3 nitrogen and oxygen atoms in total. The molecule has 0 saturated carbocycles. The molecule has 2 aromatic rings. The summed E-state index contributed by atoms with van der Waals surface area (Å²) in [4.78, 5) is 10.9. The molecule has 0 amide bonds. The third-order valence-corrected chi connectivity index (χ3v) is 2.87. The summed E-state index contributed by atoms with van der Waals surface area (Å²) in [5, 5.41) is 6.87. The Morgan fingerprint density at radius 1 is 1.27 bits per heavy atom. The molecule has 0 aliphatic carbocycles. The van der Waals surface area contributed by atoms with Crippen molar-refractivity contribution in [2.75, 3.05) is 0 Å². The van der Waals surface area contributed by atoms with Crippen LogP contribution < -0.4 is 5.56 Å². The molecule has 15 heavy (non-hydrogen) atoms. The molecule has 2 rings (SSSR count). The molecule has 1 aromatic carbocycles. The maximum atomic E-state index is 10.9. The van der Waals surface area contributed by atoms with Crippen LogP contribution in [0.15, 0.2) is 39.6 Å². The maximum Gasteiger partial charge on any atom is 0.264 e. The Morgan fingerprint density at radius 2 is 2.07 bits per heavy atom. The number of nitrogens with zero attached hydrogens (tertiary/aromatic N) is 1. The second-order valence-corrected chi connectivity index (χ2v) is 4.16. The van der Waals surface area contributed by atoms with Crippen molar-refractivity contribution in [3.8, 4) is 11.3 Å². The van der Waals surface area contributed by atoms with Crippen molar-refractivity contribution in [1.82, 2.24) is 10.2 Å². The highest BCUT2D eigenvalue weighted by Crippen LogP contribution is 2.32. The highest BCUT2D eigenvalue weighted by molar-refractivity contribution is 9.10. The lowest BCUT2D eigenvalue weighted by atomic mass is 10.1. The van der Waals surface area contributed by atoms with Crippen LogP contribution in [-0.2, 0) is 0 Å². The largest absolute Gasteiger partial charge is 0.268 e. The number of hydrogen-bond donors (Lipinski definition) is 1. The number of rotatable bonds is 1. The summed E-state index contributed by atoms with van der Waals surface area (Å²) in [6, 6.07) is 8.52. The van der Waals surface area contributed by atoms with E-state index in [2.05, 4.69) is 26.1 Å². The Morgan fingerprint density at radius 3 is 2.67 bits per heavy atom. The minimum atomic E-state index is -0.234. The number of aromatic nitrogens is 2. The fourth-order valence-corrected chi connectivity index (χ4v) is 2.18. The summed E-state index contributed by atoms with van der Waals surface area (Å²) in [7, 11) is 0. The first kappa shape index (κ1) is 10.4. The van der Waals surface area contributed by atoms with Crippen LogP contribution in [0.2, 0.25) is 5.02 Å². The summed E-state index contributed by atoms with van der Waals surface area (Å²) in [5.74, 6) is 0. The van der Waals surface area contributed by atoms with Crippen molar-refractivity contribution >= 4 is 27.5 Å². The van der Waals surface area contributed by atoms with Gasteiger partial charge < -0.3 is 0 Å². The lowest BCUT2D eigenvalue weighted by Crippen LogP contribution is -2.05. The third kappa shape index (κ3) is 2.11. The zero-order valence-corrected chi connectivity index (χ0v) is 9.84. The normalized spacial score (nSPS) is 10.3. The molecule has 0 aliphatic heterocycles. The molecule has 76 valence electrons. The molecule has 0 spiro atoms. The first-order valence-electron chi connectivity index (χ1n) is 4.18. The van der Waals surface area contributed by atoms with Gasteiger partial charge in [0, 0.05) is 16.1 Å². The SMILES string of the molecule is O=c1ccc(-c2c(Cl)cccc2Br)n[nH]1. The van der Waals surface area contributed by atoms with Gasteiger partial charge in [-0.2, -0.15) is 5.10 Å². The number of aromatic amines is 1. The van der Waals surface area contributed by atoms with Crippen LogP contribution in [0.4, 0.5) is 0 Å². The van der Waals surface area contributed by atoms with E-state index in [4.69, 9.17) is 11.6 Å². The van der Waals surface area contributed by atoms with Crippen LogP contribution >= 0.6 is 27.5 Å². The number of halogens is 2. The molecule has 0 bridgehead atoms. The first-order chi connectivity index (χ1) is 7.18. The van der Waals surface area contributed by atoms with E-state index in [-0.39, 0.29) is 5.56 Å². The van der Waals surface area contributed by atoms with Crippen LogP contribution in [-0.4, -0.2) is 10.2 Å². The molecule has 0 fully saturated rings. The van der Waals surface area contributed by atoms with Crippen molar-refractivity contribution in [2.45, 2.75) is 0 Å². The van der Waals surface area contributed by atoms with Crippen LogP contribution in [0.1, 0.15) is 0 Å².